The fourth-order valence-electron chi connectivity index (χ4n) is 6.37. The molecule has 3 saturated carbocycles. The first-order valence-electron chi connectivity index (χ1n) is 9.97. The van der Waals surface area contributed by atoms with Crippen LogP contribution in [0.5, 0.6) is 0 Å². The second-order valence-corrected chi connectivity index (χ2v) is 8.77. The van der Waals surface area contributed by atoms with Crippen LogP contribution in [0, 0.1) is 22.7 Å². The molecule has 0 aromatic carbocycles. The number of esters is 2. The molecule has 0 aromatic rings. The predicted molar refractivity (Wildman–Crippen MR) is 100 cm³/mol. The molecule has 4 unspecified atom stereocenters. The zero-order valence-corrected chi connectivity index (χ0v) is 16.3. The van der Waals surface area contributed by atoms with Crippen LogP contribution in [0.3, 0.4) is 0 Å². The van der Waals surface area contributed by atoms with Gasteiger partial charge >= 0.3 is 11.9 Å². The van der Waals surface area contributed by atoms with E-state index in [0.717, 1.165) is 24.7 Å². The fourth-order valence-corrected chi connectivity index (χ4v) is 6.37. The first-order chi connectivity index (χ1) is 12.3. The standard InChI is InChI=1S/C22H32O4/c1-15(2)19(23)25-12-10-21-9-7-17(14-21)18-6-5-8-22(18,21)11-13-26-20(24)16(3)4/h17-18H,1,3,5-14H2,2,4H3. The van der Waals surface area contributed by atoms with Crippen molar-refractivity contribution in [2.24, 2.45) is 22.7 Å². The molecule has 0 saturated heterocycles. The number of carbonyl (C=O) groups is 2. The van der Waals surface area contributed by atoms with Crippen LogP contribution in [0.2, 0.25) is 0 Å². The molecule has 0 aromatic heterocycles. The van der Waals surface area contributed by atoms with Crippen LogP contribution < -0.4 is 0 Å². The minimum atomic E-state index is -0.290. The van der Waals surface area contributed by atoms with Gasteiger partial charge in [-0.2, -0.15) is 0 Å². The summed E-state index contributed by atoms with van der Waals surface area (Å²) >= 11 is 0. The van der Waals surface area contributed by atoms with Crippen molar-refractivity contribution in [3.63, 3.8) is 0 Å². The lowest BCUT2D eigenvalue weighted by molar-refractivity contribution is -0.143. The van der Waals surface area contributed by atoms with E-state index in [1.807, 2.05) is 0 Å². The summed E-state index contributed by atoms with van der Waals surface area (Å²) in [6.45, 7) is 11.6. The van der Waals surface area contributed by atoms with Crippen LogP contribution >= 0.6 is 0 Å². The summed E-state index contributed by atoms with van der Waals surface area (Å²) in [5.74, 6) is 0.965. The van der Waals surface area contributed by atoms with E-state index in [0.29, 0.717) is 24.4 Å². The Bertz CT molecular complexity index is 622. The van der Waals surface area contributed by atoms with E-state index in [4.69, 9.17) is 9.47 Å². The lowest BCUT2D eigenvalue weighted by atomic mass is 9.56. The maximum atomic E-state index is 11.8. The van der Waals surface area contributed by atoms with E-state index in [2.05, 4.69) is 13.2 Å². The normalized spacial score (nSPS) is 34.4. The monoisotopic (exact) mass is 360 g/mol. The second kappa shape index (κ2) is 7.21. The van der Waals surface area contributed by atoms with Gasteiger partial charge in [0.1, 0.15) is 0 Å². The van der Waals surface area contributed by atoms with Gasteiger partial charge in [0.05, 0.1) is 13.2 Å². The van der Waals surface area contributed by atoms with Crippen molar-refractivity contribution in [2.75, 3.05) is 13.2 Å². The summed E-state index contributed by atoms with van der Waals surface area (Å²) in [4.78, 5) is 23.5. The molecule has 3 rings (SSSR count). The molecule has 3 aliphatic rings. The molecule has 0 amide bonds. The lowest BCUT2D eigenvalue weighted by Gasteiger charge is -2.48. The van der Waals surface area contributed by atoms with Crippen molar-refractivity contribution in [1.29, 1.82) is 0 Å². The first kappa shape index (κ1) is 19.2. The Hall–Kier alpha value is -1.58. The number of fused-ring (bicyclic) bond motifs is 5. The molecule has 4 nitrogen and oxygen atoms in total. The molecule has 26 heavy (non-hydrogen) atoms. The Balaban J connectivity index is 1.68. The molecular weight excluding hydrogens is 328 g/mol. The molecule has 2 bridgehead atoms. The second-order valence-electron chi connectivity index (χ2n) is 8.77. The van der Waals surface area contributed by atoms with Gasteiger partial charge in [0.2, 0.25) is 0 Å². The highest BCUT2D eigenvalue weighted by atomic mass is 16.5. The van der Waals surface area contributed by atoms with E-state index < -0.39 is 0 Å². The smallest absolute Gasteiger partial charge is 0.333 e. The summed E-state index contributed by atoms with van der Waals surface area (Å²) < 4.78 is 10.9. The van der Waals surface area contributed by atoms with Gasteiger partial charge in [0.25, 0.3) is 0 Å². The van der Waals surface area contributed by atoms with Gasteiger partial charge in [0, 0.05) is 11.1 Å². The zero-order chi connectivity index (χ0) is 18.9. The Labute approximate surface area is 157 Å². The molecule has 3 aliphatic carbocycles. The van der Waals surface area contributed by atoms with Crippen LogP contribution in [0.15, 0.2) is 24.3 Å². The third-order valence-electron chi connectivity index (χ3n) is 7.41. The van der Waals surface area contributed by atoms with E-state index in [-0.39, 0.29) is 22.8 Å². The summed E-state index contributed by atoms with van der Waals surface area (Å²) in [6, 6.07) is 0. The van der Waals surface area contributed by atoms with Crippen molar-refractivity contribution in [3.05, 3.63) is 24.3 Å². The molecule has 144 valence electrons. The number of rotatable bonds is 8. The van der Waals surface area contributed by atoms with Crippen molar-refractivity contribution >= 4 is 11.9 Å². The van der Waals surface area contributed by atoms with Crippen molar-refractivity contribution in [2.45, 2.75) is 65.2 Å². The third kappa shape index (κ3) is 3.12. The van der Waals surface area contributed by atoms with Crippen LogP contribution in [0.25, 0.3) is 0 Å². The minimum absolute atomic E-state index is 0.240. The Morgan fingerprint density at radius 2 is 1.58 bits per heavy atom. The average molecular weight is 360 g/mol. The van der Waals surface area contributed by atoms with Crippen LogP contribution in [0.1, 0.15) is 65.2 Å². The van der Waals surface area contributed by atoms with Gasteiger partial charge in [-0.1, -0.05) is 19.6 Å². The Morgan fingerprint density at radius 3 is 2.19 bits per heavy atom. The van der Waals surface area contributed by atoms with E-state index in [9.17, 15) is 9.59 Å². The molecule has 0 aliphatic heterocycles. The van der Waals surface area contributed by atoms with Gasteiger partial charge < -0.3 is 9.47 Å². The topological polar surface area (TPSA) is 52.6 Å². The molecular formula is C22H32O4. The molecule has 4 atom stereocenters. The summed E-state index contributed by atoms with van der Waals surface area (Å²) in [5, 5.41) is 0. The Morgan fingerprint density at radius 1 is 0.962 bits per heavy atom. The maximum Gasteiger partial charge on any atom is 0.333 e. The van der Waals surface area contributed by atoms with Gasteiger partial charge in [-0.25, -0.2) is 9.59 Å². The minimum Gasteiger partial charge on any atom is -0.462 e. The number of hydrogen-bond donors (Lipinski definition) is 0. The summed E-state index contributed by atoms with van der Waals surface area (Å²) in [6.07, 6.45) is 9.40. The zero-order valence-electron chi connectivity index (χ0n) is 16.3. The molecule has 0 N–H and O–H groups in total. The highest BCUT2D eigenvalue weighted by molar-refractivity contribution is 5.87. The average Bonchev–Trinajstić information content (AvgIpc) is 3.25. The lowest BCUT2D eigenvalue weighted by Crippen LogP contribution is -2.42. The van der Waals surface area contributed by atoms with Gasteiger partial charge in [0.15, 0.2) is 0 Å². The third-order valence-corrected chi connectivity index (χ3v) is 7.41. The number of carbonyl (C=O) groups excluding carboxylic acids is 2. The molecule has 0 spiro atoms. The summed E-state index contributed by atoms with van der Waals surface area (Å²) in [5.41, 5.74) is 1.41. The fraction of sp³-hybridized carbons (Fsp3) is 0.727. The van der Waals surface area contributed by atoms with Crippen molar-refractivity contribution < 1.29 is 19.1 Å². The summed E-state index contributed by atoms with van der Waals surface area (Å²) in [7, 11) is 0. The highest BCUT2D eigenvalue weighted by Crippen LogP contribution is 2.75. The van der Waals surface area contributed by atoms with Gasteiger partial charge in [-0.05, 0) is 81.5 Å². The Kier molecular flexibility index (Phi) is 5.32. The molecule has 0 radical (unpaired) electrons. The van der Waals surface area contributed by atoms with Gasteiger partial charge in [-0.3, -0.25) is 0 Å². The van der Waals surface area contributed by atoms with E-state index in [1.54, 1.807) is 13.8 Å². The maximum absolute atomic E-state index is 11.8. The highest BCUT2D eigenvalue weighted by Gasteiger charge is 2.67. The molecule has 0 heterocycles. The van der Waals surface area contributed by atoms with Crippen LogP contribution in [-0.2, 0) is 19.1 Å². The first-order valence-corrected chi connectivity index (χ1v) is 9.97. The number of ether oxygens (including phenoxy) is 2. The quantitative estimate of drug-likeness (QED) is 0.469. The largest absolute Gasteiger partial charge is 0.462 e. The van der Waals surface area contributed by atoms with Crippen LogP contribution in [0.4, 0.5) is 0 Å². The molecule has 4 heteroatoms. The van der Waals surface area contributed by atoms with Crippen molar-refractivity contribution in [1.82, 2.24) is 0 Å². The predicted octanol–water partition coefficient (Wildman–Crippen LogP) is 4.59. The van der Waals surface area contributed by atoms with E-state index >= 15 is 0 Å². The van der Waals surface area contributed by atoms with Gasteiger partial charge in [-0.15, -0.1) is 0 Å². The van der Waals surface area contributed by atoms with Crippen molar-refractivity contribution in [3.8, 4) is 0 Å². The SMILES string of the molecule is C=C(C)C(=O)OCCC12CCC(C1)C1CCCC12CCOC(=O)C(=C)C. The number of hydrogen-bond acceptors (Lipinski definition) is 4. The van der Waals surface area contributed by atoms with E-state index in [1.165, 1.54) is 38.5 Å². The van der Waals surface area contributed by atoms with Crippen LogP contribution in [-0.4, -0.2) is 25.2 Å². The molecule has 3 fully saturated rings.